The Balaban J connectivity index is 1.60. The largest absolute Gasteiger partial charge is 0.463 e. The maximum atomic E-state index is 13.6. The highest BCUT2D eigenvalue weighted by atomic mass is 19.1. The summed E-state index contributed by atoms with van der Waals surface area (Å²) in [6.45, 7) is 3.01. The van der Waals surface area contributed by atoms with E-state index in [9.17, 15) is 14.3 Å². The van der Waals surface area contributed by atoms with E-state index in [0.717, 1.165) is 16.8 Å². The molecule has 6 nitrogen and oxygen atoms in total. The van der Waals surface area contributed by atoms with Gasteiger partial charge in [-0.3, -0.25) is 9.69 Å². The Labute approximate surface area is 182 Å². The van der Waals surface area contributed by atoms with Crippen LogP contribution in [0.1, 0.15) is 37.3 Å². The zero-order valence-corrected chi connectivity index (χ0v) is 17.7. The van der Waals surface area contributed by atoms with Crippen LogP contribution in [0.5, 0.6) is 0 Å². The second-order valence-corrected chi connectivity index (χ2v) is 7.75. The highest BCUT2D eigenvalue weighted by molar-refractivity contribution is 6.01. The molecule has 2 aromatic carbocycles. The first kappa shape index (κ1) is 22.9. The van der Waals surface area contributed by atoms with Crippen molar-refractivity contribution in [1.82, 2.24) is 4.90 Å². The van der Waals surface area contributed by atoms with Crippen LogP contribution in [0.4, 0.5) is 4.39 Å². The number of benzene rings is 2. The predicted molar refractivity (Wildman–Crippen MR) is 116 cm³/mol. The van der Waals surface area contributed by atoms with Gasteiger partial charge in [-0.15, -0.1) is 0 Å². The summed E-state index contributed by atoms with van der Waals surface area (Å²) in [7, 11) is 0. The summed E-state index contributed by atoms with van der Waals surface area (Å²) in [4.78, 5) is 19.2. The van der Waals surface area contributed by atoms with Crippen LogP contribution >= 0.6 is 0 Å². The number of esters is 1. The fourth-order valence-corrected chi connectivity index (χ4v) is 3.53. The summed E-state index contributed by atoms with van der Waals surface area (Å²) >= 11 is 0. The van der Waals surface area contributed by atoms with Crippen molar-refractivity contribution in [2.24, 2.45) is 5.16 Å². The van der Waals surface area contributed by atoms with Gasteiger partial charge in [0.05, 0.1) is 5.71 Å². The van der Waals surface area contributed by atoms with Crippen molar-refractivity contribution in [1.29, 1.82) is 0 Å². The molecular weight excluding hydrogens is 399 g/mol. The van der Waals surface area contributed by atoms with Gasteiger partial charge in [-0.1, -0.05) is 54.5 Å². The van der Waals surface area contributed by atoms with Crippen LogP contribution in [0.15, 0.2) is 59.8 Å². The monoisotopic (exact) mass is 428 g/mol. The molecule has 0 amide bonds. The minimum Gasteiger partial charge on any atom is -0.463 e. The van der Waals surface area contributed by atoms with Crippen LogP contribution in [0.2, 0.25) is 0 Å². The number of carbonyl (C=O) groups excluding carboxylic acids is 1. The summed E-state index contributed by atoms with van der Waals surface area (Å²) in [5.41, 5.74) is 2.69. The Morgan fingerprint density at radius 1 is 1.29 bits per heavy atom. The van der Waals surface area contributed by atoms with Crippen molar-refractivity contribution in [3.8, 4) is 0 Å². The van der Waals surface area contributed by atoms with Crippen LogP contribution in [0.3, 0.4) is 0 Å². The quantitative estimate of drug-likeness (QED) is 0.555. The lowest BCUT2D eigenvalue weighted by Crippen LogP contribution is -2.39. The summed E-state index contributed by atoms with van der Waals surface area (Å²) < 4.78 is 18.8. The molecule has 1 N–H and O–H groups in total. The molecule has 1 aliphatic rings. The van der Waals surface area contributed by atoms with E-state index in [1.165, 1.54) is 12.1 Å². The van der Waals surface area contributed by atoms with Crippen molar-refractivity contribution < 1.29 is 23.9 Å². The van der Waals surface area contributed by atoms with Gasteiger partial charge in [0.15, 0.2) is 0 Å². The third-order valence-electron chi connectivity index (χ3n) is 4.96. The topological polar surface area (TPSA) is 71.4 Å². The first-order chi connectivity index (χ1) is 15.0. The van der Waals surface area contributed by atoms with Gasteiger partial charge in [0.25, 0.3) is 0 Å². The number of aliphatic hydroxyl groups excluding tert-OH is 1. The number of ether oxygens (including phenoxy) is 1. The lowest BCUT2D eigenvalue weighted by atomic mass is 10.0. The normalized spacial score (nSPS) is 16.6. The van der Waals surface area contributed by atoms with Crippen LogP contribution in [-0.4, -0.2) is 53.6 Å². The molecule has 31 heavy (non-hydrogen) atoms. The summed E-state index contributed by atoms with van der Waals surface area (Å²) in [5, 5.41) is 14.6. The molecule has 0 bridgehead atoms. The van der Waals surface area contributed by atoms with Crippen LogP contribution < -0.4 is 0 Å². The standard InChI is InChI=1S/C24H29FN2O4/c1-2-7-24(29)30-17-21(28)15-27(14-18-8-6-11-20(25)12-18)16-22-13-23(26-31-22)19-9-4-3-5-10-19/h3-6,8-12,21-22,28H,2,7,13-17H2,1H3/t21-,22-/m0/s1. The Hall–Kier alpha value is -2.77. The molecule has 0 aliphatic carbocycles. The Morgan fingerprint density at radius 2 is 2.10 bits per heavy atom. The average molecular weight is 429 g/mol. The van der Waals surface area contributed by atoms with E-state index in [-0.39, 0.29) is 31.0 Å². The molecule has 1 aliphatic heterocycles. The summed E-state index contributed by atoms with van der Waals surface area (Å²) in [6, 6.07) is 16.2. The van der Waals surface area contributed by atoms with Gasteiger partial charge in [-0.25, -0.2) is 4.39 Å². The van der Waals surface area contributed by atoms with Crippen molar-refractivity contribution in [2.45, 2.75) is 44.9 Å². The molecule has 0 aromatic heterocycles. The van der Waals surface area contributed by atoms with Crippen molar-refractivity contribution in [3.05, 3.63) is 71.5 Å². The molecule has 0 spiro atoms. The molecule has 2 atom stereocenters. The van der Waals surface area contributed by atoms with E-state index < -0.39 is 6.10 Å². The van der Waals surface area contributed by atoms with E-state index in [4.69, 9.17) is 9.57 Å². The van der Waals surface area contributed by atoms with E-state index in [1.807, 2.05) is 48.2 Å². The lowest BCUT2D eigenvalue weighted by Gasteiger charge is -2.27. The number of hydrogen-bond donors (Lipinski definition) is 1. The molecule has 0 unspecified atom stereocenters. The molecule has 0 radical (unpaired) electrons. The molecule has 0 saturated carbocycles. The van der Waals surface area contributed by atoms with E-state index in [1.54, 1.807) is 6.07 Å². The molecule has 2 aromatic rings. The fourth-order valence-electron chi connectivity index (χ4n) is 3.53. The lowest BCUT2D eigenvalue weighted by molar-refractivity contribution is -0.147. The van der Waals surface area contributed by atoms with Crippen molar-refractivity contribution in [2.75, 3.05) is 19.7 Å². The fraction of sp³-hybridized carbons (Fsp3) is 0.417. The highest BCUT2D eigenvalue weighted by Crippen LogP contribution is 2.19. The van der Waals surface area contributed by atoms with Crippen LogP contribution in [0, 0.1) is 5.82 Å². The number of oxime groups is 1. The second kappa shape index (κ2) is 11.6. The van der Waals surface area contributed by atoms with Gasteiger partial charge in [-0.2, -0.15) is 0 Å². The van der Waals surface area contributed by atoms with Crippen molar-refractivity contribution in [3.63, 3.8) is 0 Å². The summed E-state index contributed by atoms with van der Waals surface area (Å²) in [5.74, 6) is -0.628. The second-order valence-electron chi connectivity index (χ2n) is 7.75. The minimum absolute atomic E-state index is 0.0736. The van der Waals surface area contributed by atoms with Gasteiger partial charge in [0, 0.05) is 32.5 Å². The van der Waals surface area contributed by atoms with Gasteiger partial charge >= 0.3 is 5.97 Å². The maximum Gasteiger partial charge on any atom is 0.305 e. The average Bonchev–Trinajstić information content (AvgIpc) is 3.22. The van der Waals surface area contributed by atoms with Crippen LogP contribution in [0.25, 0.3) is 0 Å². The Morgan fingerprint density at radius 3 is 2.84 bits per heavy atom. The third-order valence-corrected chi connectivity index (χ3v) is 4.96. The molecule has 7 heteroatoms. The molecule has 1 heterocycles. The number of carbonyl (C=O) groups is 1. The van der Waals surface area contributed by atoms with E-state index in [0.29, 0.717) is 32.4 Å². The molecule has 3 rings (SSSR count). The van der Waals surface area contributed by atoms with E-state index in [2.05, 4.69) is 5.16 Å². The summed E-state index contributed by atoms with van der Waals surface area (Å²) in [6.07, 6.45) is 0.632. The maximum absolute atomic E-state index is 13.6. The Bertz CT molecular complexity index is 875. The number of aliphatic hydroxyl groups is 1. The van der Waals surface area contributed by atoms with Gasteiger partial charge in [0.1, 0.15) is 24.6 Å². The van der Waals surface area contributed by atoms with Gasteiger partial charge in [0.2, 0.25) is 0 Å². The number of rotatable bonds is 11. The van der Waals surface area contributed by atoms with Gasteiger partial charge in [-0.05, 0) is 29.7 Å². The molecule has 166 valence electrons. The van der Waals surface area contributed by atoms with Crippen LogP contribution in [-0.2, 0) is 20.9 Å². The Kier molecular flexibility index (Phi) is 8.55. The highest BCUT2D eigenvalue weighted by Gasteiger charge is 2.26. The first-order valence-corrected chi connectivity index (χ1v) is 10.6. The minimum atomic E-state index is -0.856. The van der Waals surface area contributed by atoms with Crippen molar-refractivity contribution >= 4 is 11.7 Å². The number of nitrogens with zero attached hydrogens (tertiary/aromatic N) is 2. The van der Waals surface area contributed by atoms with Gasteiger partial charge < -0.3 is 14.7 Å². The zero-order chi connectivity index (χ0) is 22.1. The smallest absolute Gasteiger partial charge is 0.305 e. The number of halogens is 1. The zero-order valence-electron chi connectivity index (χ0n) is 17.7. The third kappa shape index (κ3) is 7.45. The SMILES string of the molecule is CCCC(=O)OC[C@@H](O)CN(Cc1cccc(F)c1)C[C@@H]1CC(c2ccccc2)=NO1. The molecule has 0 fully saturated rings. The first-order valence-electron chi connectivity index (χ1n) is 10.6. The predicted octanol–water partition coefficient (Wildman–Crippen LogP) is 3.53. The number of hydrogen-bond acceptors (Lipinski definition) is 6. The van der Waals surface area contributed by atoms with E-state index >= 15 is 0 Å². The molecular formula is C24H29FN2O4. The molecule has 0 saturated heterocycles.